The van der Waals surface area contributed by atoms with E-state index in [0.717, 1.165) is 6.92 Å². The summed E-state index contributed by atoms with van der Waals surface area (Å²) < 4.78 is 90.1. The Kier molecular flexibility index (Phi) is 6.97. The van der Waals surface area contributed by atoms with Crippen LogP contribution in [0.2, 0.25) is 0 Å². The van der Waals surface area contributed by atoms with E-state index < -0.39 is 41.8 Å². The van der Waals surface area contributed by atoms with Crippen LogP contribution in [0.5, 0.6) is 0 Å². The Labute approximate surface area is 161 Å². The summed E-state index contributed by atoms with van der Waals surface area (Å²) in [5.74, 6) is -1.26. The topological polar surface area (TPSA) is 61.3 Å². The zero-order valence-corrected chi connectivity index (χ0v) is 16.6. The second kappa shape index (κ2) is 8.00. The van der Waals surface area contributed by atoms with Gasteiger partial charge < -0.3 is 16.2 Å². The number of rotatable bonds is 7. The summed E-state index contributed by atoms with van der Waals surface area (Å²) in [6, 6.07) is 4.12. The van der Waals surface area contributed by atoms with Gasteiger partial charge in [0.2, 0.25) is 0 Å². The van der Waals surface area contributed by atoms with Crippen molar-refractivity contribution in [1.29, 1.82) is 0 Å². The molecule has 0 aliphatic carbocycles. The molecule has 0 aliphatic heterocycles. The predicted molar refractivity (Wildman–Crippen MR) is 97.8 cm³/mol. The lowest BCUT2D eigenvalue weighted by Gasteiger charge is -2.53. The summed E-state index contributed by atoms with van der Waals surface area (Å²) >= 11 is 0. The van der Waals surface area contributed by atoms with Crippen molar-refractivity contribution in [1.82, 2.24) is 0 Å². The number of ether oxygens (including phenoxy) is 1. The van der Waals surface area contributed by atoms with Crippen molar-refractivity contribution in [3.05, 3.63) is 23.8 Å². The Bertz CT molecular complexity index is 659. The van der Waals surface area contributed by atoms with Crippen LogP contribution in [0.4, 0.5) is 37.7 Å². The molecule has 0 heterocycles. The second-order valence-corrected chi connectivity index (χ2v) is 7.39. The Morgan fingerprint density at radius 1 is 0.964 bits per heavy atom. The van der Waals surface area contributed by atoms with Crippen molar-refractivity contribution in [2.75, 3.05) is 11.5 Å². The van der Waals surface area contributed by atoms with Gasteiger partial charge in [-0.25, -0.2) is 0 Å². The molecule has 0 spiro atoms. The van der Waals surface area contributed by atoms with Crippen molar-refractivity contribution in [2.45, 2.75) is 77.4 Å². The molecule has 3 atom stereocenters. The quantitative estimate of drug-likeness (QED) is 0.422. The van der Waals surface area contributed by atoms with Gasteiger partial charge in [0.15, 0.2) is 0 Å². The van der Waals surface area contributed by atoms with Crippen LogP contribution in [0.3, 0.4) is 0 Å². The molecular formula is C19H28F6N2O. The first-order valence-electron chi connectivity index (χ1n) is 9.05. The van der Waals surface area contributed by atoms with Gasteiger partial charge in [-0.15, -0.1) is 0 Å². The van der Waals surface area contributed by atoms with E-state index in [-0.39, 0.29) is 23.4 Å². The fraction of sp³-hybridized carbons (Fsp3) is 0.684. The van der Waals surface area contributed by atoms with Gasteiger partial charge >= 0.3 is 12.4 Å². The summed E-state index contributed by atoms with van der Waals surface area (Å²) in [7, 11) is 0. The summed E-state index contributed by atoms with van der Waals surface area (Å²) in [5.41, 5.74) is 5.17. The van der Waals surface area contributed by atoms with Gasteiger partial charge in [-0.1, -0.05) is 27.7 Å². The van der Waals surface area contributed by atoms with Crippen molar-refractivity contribution >= 4 is 11.4 Å². The second-order valence-electron chi connectivity index (χ2n) is 7.39. The monoisotopic (exact) mass is 414 g/mol. The highest BCUT2D eigenvalue weighted by Gasteiger charge is 2.80. The Morgan fingerprint density at radius 2 is 1.46 bits per heavy atom. The third-order valence-electron chi connectivity index (χ3n) is 5.82. The lowest BCUT2D eigenvalue weighted by Crippen LogP contribution is -2.69. The Hall–Kier alpha value is -1.64. The fourth-order valence-electron chi connectivity index (χ4n) is 3.63. The molecule has 28 heavy (non-hydrogen) atoms. The van der Waals surface area contributed by atoms with Crippen LogP contribution in [-0.4, -0.2) is 24.1 Å². The molecule has 3 unspecified atom stereocenters. The van der Waals surface area contributed by atoms with E-state index in [4.69, 9.17) is 16.2 Å². The molecule has 0 aromatic heterocycles. The maximum Gasteiger partial charge on any atom is 0.427 e. The summed E-state index contributed by atoms with van der Waals surface area (Å²) in [6.07, 6.45) is -13.1. The lowest BCUT2D eigenvalue weighted by atomic mass is 9.60. The van der Waals surface area contributed by atoms with Crippen molar-refractivity contribution < 1.29 is 31.1 Å². The Balaban J connectivity index is 3.85. The summed E-state index contributed by atoms with van der Waals surface area (Å²) in [4.78, 5) is 0. The van der Waals surface area contributed by atoms with Crippen molar-refractivity contribution in [2.24, 2.45) is 5.41 Å². The average molecular weight is 414 g/mol. The highest BCUT2D eigenvalue weighted by molar-refractivity contribution is 5.57. The molecular weight excluding hydrogens is 386 g/mol. The molecule has 162 valence electrons. The van der Waals surface area contributed by atoms with Crippen LogP contribution in [0, 0.1) is 5.41 Å². The van der Waals surface area contributed by atoms with Gasteiger partial charge in [0.25, 0.3) is 5.60 Å². The molecule has 1 rings (SSSR count). The van der Waals surface area contributed by atoms with E-state index in [1.807, 2.05) is 0 Å². The van der Waals surface area contributed by atoms with Crippen LogP contribution in [-0.2, 0) is 4.74 Å². The van der Waals surface area contributed by atoms with Gasteiger partial charge in [0, 0.05) is 16.8 Å². The van der Waals surface area contributed by atoms with Gasteiger partial charge in [-0.2, -0.15) is 26.3 Å². The zero-order chi connectivity index (χ0) is 22.1. The zero-order valence-electron chi connectivity index (χ0n) is 16.6. The summed E-state index contributed by atoms with van der Waals surface area (Å²) in [5, 5.41) is 0. The molecule has 9 heteroatoms. The minimum Gasteiger partial charge on any atom is -0.399 e. The molecule has 4 N–H and O–H groups in total. The minimum absolute atomic E-state index is 0.0114. The van der Waals surface area contributed by atoms with Gasteiger partial charge in [-0.05, 0) is 49.4 Å². The third kappa shape index (κ3) is 3.90. The number of anilines is 2. The molecule has 0 aliphatic rings. The fourth-order valence-corrected chi connectivity index (χ4v) is 3.63. The maximum atomic E-state index is 14.2. The molecule has 0 bridgehead atoms. The highest BCUT2D eigenvalue weighted by Crippen LogP contribution is 2.62. The highest BCUT2D eigenvalue weighted by atomic mass is 19.4. The number of halogens is 6. The number of hydrogen-bond donors (Lipinski definition) is 2. The van der Waals surface area contributed by atoms with Gasteiger partial charge in [0.1, 0.15) is 0 Å². The van der Waals surface area contributed by atoms with E-state index in [2.05, 4.69) is 0 Å². The molecule has 0 fully saturated rings. The lowest BCUT2D eigenvalue weighted by molar-refractivity contribution is -0.424. The van der Waals surface area contributed by atoms with E-state index in [1.54, 1.807) is 0 Å². The van der Waals surface area contributed by atoms with E-state index in [9.17, 15) is 26.3 Å². The van der Waals surface area contributed by atoms with Gasteiger partial charge in [-0.3, -0.25) is 0 Å². The molecule has 1 aromatic carbocycles. The van der Waals surface area contributed by atoms with E-state index in [0.29, 0.717) is 0 Å². The molecule has 1 aromatic rings. The molecule has 3 nitrogen and oxygen atoms in total. The predicted octanol–water partition coefficient (Wildman–Crippen LogP) is 6.05. The first kappa shape index (κ1) is 24.4. The van der Waals surface area contributed by atoms with Crippen LogP contribution in [0.15, 0.2) is 18.2 Å². The van der Waals surface area contributed by atoms with E-state index in [1.165, 1.54) is 45.9 Å². The first-order valence-corrected chi connectivity index (χ1v) is 9.05. The number of benzene rings is 1. The average Bonchev–Trinajstić information content (AvgIpc) is 2.57. The van der Waals surface area contributed by atoms with Crippen LogP contribution >= 0.6 is 0 Å². The number of nitrogen functional groups attached to an aromatic ring is 2. The minimum atomic E-state index is -5.71. The number of nitrogens with two attached hydrogens (primary N) is 2. The smallest absolute Gasteiger partial charge is 0.399 e. The number of alkyl halides is 6. The number of hydrogen-bond acceptors (Lipinski definition) is 3. The molecule has 0 radical (unpaired) electrons. The first-order chi connectivity index (χ1) is 12.6. The van der Waals surface area contributed by atoms with Crippen molar-refractivity contribution in [3.8, 4) is 0 Å². The summed E-state index contributed by atoms with van der Waals surface area (Å²) in [6.45, 7) is 6.18. The van der Waals surface area contributed by atoms with Crippen LogP contribution < -0.4 is 11.5 Å². The standard InChI is InChI=1S/C19H28F6N2O/c1-6-11(3)28-17(18(20,21)22,19(23,24)25)16(5,7-2)12(4)14-10-13(26)8-9-15(14)27/h8-12H,6-7,26-27H2,1-5H3. The normalized spacial score (nSPS) is 17.8. The van der Waals surface area contributed by atoms with E-state index >= 15 is 0 Å². The van der Waals surface area contributed by atoms with Gasteiger partial charge in [0.05, 0.1) is 6.10 Å². The molecule has 0 saturated carbocycles. The van der Waals surface area contributed by atoms with Crippen LogP contribution in [0.25, 0.3) is 0 Å². The SMILES string of the molecule is CCC(C)OC(C(F)(F)F)(C(F)(F)F)C(C)(CC)C(C)c1cc(N)ccc1N. The molecule has 0 saturated heterocycles. The molecule has 0 amide bonds. The third-order valence-corrected chi connectivity index (χ3v) is 5.82. The largest absolute Gasteiger partial charge is 0.427 e. The van der Waals surface area contributed by atoms with Crippen LogP contribution in [0.1, 0.15) is 58.9 Å². The maximum absolute atomic E-state index is 14.2. The van der Waals surface area contributed by atoms with Crippen molar-refractivity contribution in [3.63, 3.8) is 0 Å². The Morgan fingerprint density at radius 3 is 1.86 bits per heavy atom.